The van der Waals surface area contributed by atoms with Crippen LogP contribution >= 0.6 is 0 Å². The van der Waals surface area contributed by atoms with E-state index in [0.717, 1.165) is 30.3 Å². The minimum atomic E-state index is 0.394. The monoisotopic (exact) mass is 287 g/mol. The number of hydrogen-bond acceptors (Lipinski definition) is 5. The summed E-state index contributed by atoms with van der Waals surface area (Å²) in [6.07, 6.45) is 5.51. The lowest BCUT2D eigenvalue weighted by atomic mass is 10.3. The Kier molecular flexibility index (Phi) is 4.15. The predicted octanol–water partition coefficient (Wildman–Crippen LogP) is 2.51. The summed E-state index contributed by atoms with van der Waals surface area (Å²) < 4.78 is 6.97. The van der Waals surface area contributed by atoms with Crippen LogP contribution in [0.15, 0.2) is 18.3 Å². The highest BCUT2D eigenvalue weighted by Crippen LogP contribution is 2.38. The number of aromatic nitrogens is 4. The highest BCUT2D eigenvalue weighted by atomic mass is 16.5. The molecule has 1 aliphatic rings. The highest BCUT2D eigenvalue weighted by Gasteiger charge is 2.26. The summed E-state index contributed by atoms with van der Waals surface area (Å²) in [5.74, 6) is 2.90. The van der Waals surface area contributed by atoms with E-state index in [1.165, 1.54) is 12.8 Å². The van der Waals surface area contributed by atoms with Gasteiger partial charge < -0.3 is 10.1 Å². The fourth-order valence-corrected chi connectivity index (χ4v) is 2.20. The first-order chi connectivity index (χ1) is 10.3. The van der Waals surface area contributed by atoms with Crippen molar-refractivity contribution in [2.75, 3.05) is 19.0 Å². The van der Waals surface area contributed by atoms with Gasteiger partial charge in [0.15, 0.2) is 11.6 Å². The van der Waals surface area contributed by atoms with Crippen LogP contribution in [0.1, 0.15) is 43.6 Å². The standard InChI is InChI=1S/C15H21N5O/c1-3-7-16-13-9-15(18-14(17-13)10-21-2)20-8-6-12(19-20)11-4-5-11/h6,8-9,11H,3-5,7,10H2,1-2H3,(H,16,17,18). The van der Waals surface area contributed by atoms with Crippen molar-refractivity contribution in [2.45, 2.75) is 38.7 Å². The molecule has 1 fully saturated rings. The van der Waals surface area contributed by atoms with Crippen LogP contribution in [0.25, 0.3) is 5.82 Å². The fraction of sp³-hybridized carbons (Fsp3) is 0.533. The molecule has 0 saturated heterocycles. The lowest BCUT2D eigenvalue weighted by Crippen LogP contribution is -2.09. The van der Waals surface area contributed by atoms with Crippen molar-refractivity contribution in [1.82, 2.24) is 19.7 Å². The minimum absolute atomic E-state index is 0.394. The Labute approximate surface area is 124 Å². The summed E-state index contributed by atoms with van der Waals surface area (Å²) in [5.41, 5.74) is 1.16. The van der Waals surface area contributed by atoms with Gasteiger partial charge in [0, 0.05) is 31.8 Å². The van der Waals surface area contributed by atoms with Gasteiger partial charge in [-0.1, -0.05) is 6.92 Å². The lowest BCUT2D eigenvalue weighted by molar-refractivity contribution is 0.178. The molecule has 6 heteroatoms. The van der Waals surface area contributed by atoms with E-state index in [1.807, 2.05) is 16.9 Å². The smallest absolute Gasteiger partial charge is 0.159 e. The Balaban J connectivity index is 1.88. The van der Waals surface area contributed by atoms with Crippen LogP contribution in [0.5, 0.6) is 0 Å². The molecule has 3 rings (SSSR count). The topological polar surface area (TPSA) is 64.9 Å². The van der Waals surface area contributed by atoms with Crippen LogP contribution in [0.3, 0.4) is 0 Å². The van der Waals surface area contributed by atoms with Gasteiger partial charge in [-0.05, 0) is 25.3 Å². The molecular formula is C15H21N5O. The Hall–Kier alpha value is -1.95. The van der Waals surface area contributed by atoms with Crippen molar-refractivity contribution in [3.05, 3.63) is 29.8 Å². The van der Waals surface area contributed by atoms with E-state index >= 15 is 0 Å². The number of methoxy groups -OCH3 is 1. The minimum Gasteiger partial charge on any atom is -0.377 e. The zero-order valence-electron chi connectivity index (χ0n) is 12.5. The van der Waals surface area contributed by atoms with Gasteiger partial charge in [0.1, 0.15) is 12.4 Å². The fourth-order valence-electron chi connectivity index (χ4n) is 2.20. The van der Waals surface area contributed by atoms with Crippen molar-refractivity contribution < 1.29 is 4.74 Å². The molecule has 0 unspecified atom stereocenters. The molecule has 0 spiro atoms. The summed E-state index contributed by atoms with van der Waals surface area (Å²) in [4.78, 5) is 8.97. The van der Waals surface area contributed by atoms with E-state index in [2.05, 4.69) is 33.4 Å². The van der Waals surface area contributed by atoms with Gasteiger partial charge in [-0.2, -0.15) is 5.10 Å². The molecule has 0 amide bonds. The SMILES string of the molecule is CCCNc1cc(-n2ccc(C3CC3)n2)nc(COC)n1. The van der Waals surface area contributed by atoms with E-state index in [0.29, 0.717) is 18.3 Å². The Morgan fingerprint density at radius 1 is 1.38 bits per heavy atom. The average Bonchev–Trinajstić information content (AvgIpc) is 3.22. The Bertz CT molecular complexity index is 606. The molecule has 2 aromatic rings. The third kappa shape index (κ3) is 3.39. The predicted molar refractivity (Wildman–Crippen MR) is 80.6 cm³/mol. The lowest BCUT2D eigenvalue weighted by Gasteiger charge is -2.09. The van der Waals surface area contributed by atoms with Gasteiger partial charge in [-0.3, -0.25) is 0 Å². The molecule has 6 nitrogen and oxygen atoms in total. The first-order valence-electron chi connectivity index (χ1n) is 7.47. The maximum Gasteiger partial charge on any atom is 0.159 e. The van der Waals surface area contributed by atoms with Crippen LogP contribution in [-0.2, 0) is 11.3 Å². The van der Waals surface area contributed by atoms with E-state index in [9.17, 15) is 0 Å². The molecule has 1 saturated carbocycles. The molecule has 21 heavy (non-hydrogen) atoms. The maximum absolute atomic E-state index is 5.15. The Morgan fingerprint density at radius 2 is 2.24 bits per heavy atom. The molecule has 2 aromatic heterocycles. The number of nitrogens with zero attached hydrogens (tertiary/aromatic N) is 4. The zero-order chi connectivity index (χ0) is 14.7. The van der Waals surface area contributed by atoms with Gasteiger partial charge in [0.2, 0.25) is 0 Å². The molecular weight excluding hydrogens is 266 g/mol. The summed E-state index contributed by atoms with van der Waals surface area (Å²) in [6, 6.07) is 4.01. The summed E-state index contributed by atoms with van der Waals surface area (Å²) in [5, 5.41) is 7.92. The van der Waals surface area contributed by atoms with E-state index in [1.54, 1.807) is 7.11 Å². The number of anilines is 1. The largest absolute Gasteiger partial charge is 0.377 e. The van der Waals surface area contributed by atoms with E-state index in [-0.39, 0.29) is 0 Å². The van der Waals surface area contributed by atoms with Crippen LogP contribution in [0.4, 0.5) is 5.82 Å². The van der Waals surface area contributed by atoms with Crippen molar-refractivity contribution in [3.8, 4) is 5.82 Å². The molecule has 2 heterocycles. The first kappa shape index (κ1) is 14.0. The van der Waals surface area contributed by atoms with Crippen LogP contribution < -0.4 is 5.32 Å². The maximum atomic E-state index is 5.15. The van der Waals surface area contributed by atoms with Crippen molar-refractivity contribution in [3.63, 3.8) is 0 Å². The summed E-state index contributed by atoms with van der Waals surface area (Å²) >= 11 is 0. The van der Waals surface area contributed by atoms with Gasteiger partial charge >= 0.3 is 0 Å². The van der Waals surface area contributed by atoms with Gasteiger partial charge in [-0.15, -0.1) is 0 Å². The van der Waals surface area contributed by atoms with Crippen molar-refractivity contribution in [2.24, 2.45) is 0 Å². The second-order valence-corrected chi connectivity index (χ2v) is 5.35. The first-order valence-corrected chi connectivity index (χ1v) is 7.47. The highest BCUT2D eigenvalue weighted by molar-refractivity contribution is 5.41. The zero-order valence-corrected chi connectivity index (χ0v) is 12.5. The molecule has 1 aliphatic carbocycles. The van der Waals surface area contributed by atoms with Crippen LogP contribution in [-0.4, -0.2) is 33.4 Å². The number of nitrogens with one attached hydrogen (secondary N) is 1. The molecule has 0 aromatic carbocycles. The molecule has 0 atom stereocenters. The normalized spacial score (nSPS) is 14.4. The molecule has 1 N–H and O–H groups in total. The number of ether oxygens (including phenoxy) is 1. The van der Waals surface area contributed by atoms with Gasteiger partial charge in [0.25, 0.3) is 0 Å². The average molecular weight is 287 g/mol. The molecule has 0 bridgehead atoms. The third-order valence-corrected chi connectivity index (χ3v) is 3.43. The number of hydrogen-bond donors (Lipinski definition) is 1. The van der Waals surface area contributed by atoms with Gasteiger partial charge in [0.05, 0.1) is 5.69 Å². The summed E-state index contributed by atoms with van der Waals surface area (Å²) in [7, 11) is 1.65. The van der Waals surface area contributed by atoms with Crippen molar-refractivity contribution >= 4 is 5.82 Å². The molecule has 0 radical (unpaired) electrons. The van der Waals surface area contributed by atoms with Gasteiger partial charge in [-0.25, -0.2) is 14.6 Å². The second kappa shape index (κ2) is 6.22. The van der Waals surface area contributed by atoms with E-state index in [4.69, 9.17) is 4.74 Å². The second-order valence-electron chi connectivity index (χ2n) is 5.35. The van der Waals surface area contributed by atoms with Crippen molar-refractivity contribution in [1.29, 1.82) is 0 Å². The van der Waals surface area contributed by atoms with Crippen LogP contribution in [0.2, 0.25) is 0 Å². The quantitative estimate of drug-likeness (QED) is 0.847. The molecule has 112 valence electrons. The Morgan fingerprint density at radius 3 is 2.95 bits per heavy atom. The van der Waals surface area contributed by atoms with Crippen LogP contribution in [0, 0.1) is 0 Å². The van der Waals surface area contributed by atoms with E-state index < -0.39 is 0 Å². The third-order valence-electron chi connectivity index (χ3n) is 3.43. The summed E-state index contributed by atoms with van der Waals surface area (Å²) in [6.45, 7) is 3.40. The number of rotatable bonds is 7. The molecule has 0 aliphatic heterocycles.